The summed E-state index contributed by atoms with van der Waals surface area (Å²) in [6.45, 7) is 2.58. The quantitative estimate of drug-likeness (QED) is 0.427. The van der Waals surface area contributed by atoms with Gasteiger partial charge in [0, 0.05) is 22.7 Å². The van der Waals surface area contributed by atoms with Gasteiger partial charge in [0.25, 0.3) is 0 Å². The van der Waals surface area contributed by atoms with E-state index in [0.717, 1.165) is 5.56 Å². The van der Waals surface area contributed by atoms with Gasteiger partial charge in [0.2, 0.25) is 0 Å². The van der Waals surface area contributed by atoms with Crippen molar-refractivity contribution in [3.05, 3.63) is 83.2 Å². The van der Waals surface area contributed by atoms with E-state index in [1.807, 2.05) is 18.2 Å². The van der Waals surface area contributed by atoms with E-state index in [-0.39, 0.29) is 18.8 Å². The van der Waals surface area contributed by atoms with Crippen LogP contribution in [0.15, 0.2) is 60.7 Å². The molecule has 1 aliphatic rings. The Bertz CT molecular complexity index is 1140. The van der Waals surface area contributed by atoms with Crippen LogP contribution < -0.4 is 15.2 Å². The lowest BCUT2D eigenvalue weighted by Crippen LogP contribution is -2.08. The maximum Gasteiger partial charge on any atom is 0.307 e. The molecule has 1 aliphatic carbocycles. The highest BCUT2D eigenvalue weighted by Crippen LogP contribution is 2.34. The van der Waals surface area contributed by atoms with Crippen LogP contribution in [-0.2, 0) is 17.8 Å². The number of para-hydroxylation sites is 1. The van der Waals surface area contributed by atoms with E-state index in [2.05, 4.69) is 0 Å². The first-order valence-electron chi connectivity index (χ1n) is 11.1. The first kappa shape index (κ1) is 22.8. The van der Waals surface area contributed by atoms with Gasteiger partial charge in [-0.25, -0.2) is 4.39 Å². The van der Waals surface area contributed by atoms with Crippen molar-refractivity contribution in [1.82, 2.24) is 0 Å². The van der Waals surface area contributed by atoms with Crippen molar-refractivity contribution >= 4 is 5.97 Å². The minimum absolute atomic E-state index is 0.124. The molecule has 0 bridgehead atoms. The lowest BCUT2D eigenvalue weighted by atomic mass is 9.97. The highest BCUT2D eigenvalue weighted by Gasteiger charge is 2.22. The van der Waals surface area contributed by atoms with Gasteiger partial charge in [-0.2, -0.15) is 0 Å². The van der Waals surface area contributed by atoms with Gasteiger partial charge in [-0.15, -0.1) is 0 Å². The Balaban J connectivity index is 1.63. The second kappa shape index (κ2) is 10.0. The number of rotatable bonds is 10. The Morgan fingerprint density at radius 3 is 2.64 bits per heavy atom. The van der Waals surface area contributed by atoms with Gasteiger partial charge < -0.3 is 20.3 Å². The fourth-order valence-corrected chi connectivity index (χ4v) is 3.72. The van der Waals surface area contributed by atoms with Gasteiger partial charge in [-0.3, -0.25) is 4.79 Å². The number of halogens is 1. The predicted molar refractivity (Wildman–Crippen MR) is 125 cm³/mol. The molecule has 1 atom stereocenters. The molecule has 0 aromatic heterocycles. The summed E-state index contributed by atoms with van der Waals surface area (Å²) in [5.74, 6) is 0.478. The minimum atomic E-state index is -0.923. The number of carboxylic acids is 1. The maximum atomic E-state index is 15.2. The Kier molecular flexibility index (Phi) is 6.94. The fraction of sp³-hybridized carbons (Fsp3) is 0.296. The molecular weight excluding hydrogens is 421 g/mol. The average molecular weight is 450 g/mol. The minimum Gasteiger partial charge on any atom is -0.493 e. The van der Waals surface area contributed by atoms with Crippen LogP contribution in [0.4, 0.5) is 4.39 Å². The third-order valence-corrected chi connectivity index (χ3v) is 5.69. The van der Waals surface area contributed by atoms with Crippen molar-refractivity contribution in [2.75, 3.05) is 6.61 Å². The van der Waals surface area contributed by atoms with Crippen LogP contribution in [0.5, 0.6) is 11.5 Å². The molecule has 0 saturated heterocycles. The van der Waals surface area contributed by atoms with Gasteiger partial charge in [0.15, 0.2) is 0 Å². The zero-order valence-electron chi connectivity index (χ0n) is 18.6. The smallest absolute Gasteiger partial charge is 0.307 e. The zero-order valence-corrected chi connectivity index (χ0v) is 18.6. The highest BCUT2D eigenvalue weighted by molar-refractivity contribution is 5.71. The first-order valence-corrected chi connectivity index (χ1v) is 11.1. The average Bonchev–Trinajstić information content (AvgIpc) is 3.61. The van der Waals surface area contributed by atoms with E-state index < -0.39 is 12.0 Å². The molecule has 5 nitrogen and oxygen atoms in total. The third kappa shape index (κ3) is 5.90. The molecule has 0 amide bonds. The van der Waals surface area contributed by atoms with Crippen molar-refractivity contribution in [2.45, 2.75) is 38.8 Å². The Morgan fingerprint density at radius 2 is 1.91 bits per heavy atom. The lowest BCUT2D eigenvalue weighted by Gasteiger charge is -2.15. The van der Waals surface area contributed by atoms with Gasteiger partial charge in [0.1, 0.15) is 23.9 Å². The van der Waals surface area contributed by atoms with Crippen LogP contribution in [-0.4, -0.2) is 17.7 Å². The number of nitrogens with two attached hydrogens (primary N) is 1. The normalized spacial score (nSPS) is 14.0. The number of hydrogen-bond acceptors (Lipinski definition) is 4. The Labute approximate surface area is 193 Å². The number of carbonyl (C=O) groups is 1. The van der Waals surface area contributed by atoms with Gasteiger partial charge >= 0.3 is 5.97 Å². The number of carboxylic acid groups (broad SMARTS) is 1. The summed E-state index contributed by atoms with van der Waals surface area (Å²) in [6, 6.07) is 17.5. The number of hydrogen-bond donors (Lipinski definition) is 2. The molecule has 0 heterocycles. The summed E-state index contributed by atoms with van der Waals surface area (Å²) in [5.41, 5.74) is 8.93. The van der Waals surface area contributed by atoms with Gasteiger partial charge in [-0.1, -0.05) is 36.4 Å². The third-order valence-electron chi connectivity index (χ3n) is 5.69. The fourth-order valence-electron chi connectivity index (χ4n) is 3.72. The SMILES string of the molecule is C[C@@H](N)c1cccc(-c2cc(COc3ccccc3CC(=O)O)cc(OCC3CC3)c2)c1F. The molecule has 0 radical (unpaired) electrons. The molecule has 1 saturated carbocycles. The Hall–Kier alpha value is -3.38. The summed E-state index contributed by atoms with van der Waals surface area (Å²) in [4.78, 5) is 11.2. The van der Waals surface area contributed by atoms with E-state index >= 15 is 4.39 Å². The molecular formula is C27H28FNO4. The topological polar surface area (TPSA) is 81.8 Å². The molecule has 1 fully saturated rings. The van der Waals surface area contributed by atoms with E-state index in [4.69, 9.17) is 20.3 Å². The molecule has 0 spiro atoms. The standard InChI is InChI=1S/C27H28FNO4/c1-17(29)23-6-4-7-24(27(23)28)21-11-19(12-22(13-21)32-15-18-9-10-18)16-33-25-8-3-2-5-20(25)14-26(30)31/h2-8,11-13,17-18H,9-10,14-16,29H2,1H3,(H,30,31)/t17-/m1/s1. The van der Waals surface area contributed by atoms with E-state index in [9.17, 15) is 4.79 Å². The zero-order chi connectivity index (χ0) is 23.4. The summed E-state index contributed by atoms with van der Waals surface area (Å²) in [6.07, 6.45) is 2.21. The Morgan fingerprint density at radius 1 is 1.12 bits per heavy atom. The van der Waals surface area contributed by atoms with Crippen LogP contribution in [0.2, 0.25) is 0 Å². The van der Waals surface area contributed by atoms with E-state index in [1.165, 1.54) is 12.8 Å². The van der Waals surface area contributed by atoms with Crippen molar-refractivity contribution in [3.63, 3.8) is 0 Å². The lowest BCUT2D eigenvalue weighted by molar-refractivity contribution is -0.136. The van der Waals surface area contributed by atoms with Crippen molar-refractivity contribution in [3.8, 4) is 22.6 Å². The molecule has 0 aliphatic heterocycles. The molecule has 3 N–H and O–H groups in total. The summed E-state index contributed by atoms with van der Waals surface area (Å²) in [7, 11) is 0. The highest BCUT2D eigenvalue weighted by atomic mass is 19.1. The van der Waals surface area contributed by atoms with Crippen molar-refractivity contribution in [2.24, 2.45) is 11.7 Å². The first-order chi connectivity index (χ1) is 15.9. The van der Waals surface area contributed by atoms with Crippen molar-refractivity contribution < 1.29 is 23.8 Å². The van der Waals surface area contributed by atoms with Gasteiger partial charge in [-0.05, 0) is 61.1 Å². The molecule has 33 heavy (non-hydrogen) atoms. The van der Waals surface area contributed by atoms with Gasteiger partial charge in [0.05, 0.1) is 13.0 Å². The molecule has 0 unspecified atom stereocenters. The van der Waals surface area contributed by atoms with Crippen LogP contribution in [0.3, 0.4) is 0 Å². The van der Waals surface area contributed by atoms with E-state index in [0.29, 0.717) is 46.3 Å². The molecule has 172 valence electrons. The molecule has 4 rings (SSSR count). The predicted octanol–water partition coefficient (Wildman–Crippen LogP) is 5.51. The summed E-state index contributed by atoms with van der Waals surface area (Å²) >= 11 is 0. The summed E-state index contributed by atoms with van der Waals surface area (Å²) in [5, 5.41) is 9.16. The monoisotopic (exact) mass is 449 g/mol. The summed E-state index contributed by atoms with van der Waals surface area (Å²) < 4.78 is 27.2. The number of benzene rings is 3. The second-order valence-electron chi connectivity index (χ2n) is 8.58. The molecule has 3 aromatic rings. The molecule has 3 aromatic carbocycles. The second-order valence-corrected chi connectivity index (χ2v) is 8.58. The molecule has 6 heteroatoms. The number of ether oxygens (including phenoxy) is 2. The maximum absolute atomic E-state index is 15.2. The van der Waals surface area contributed by atoms with E-state index in [1.54, 1.807) is 49.4 Å². The largest absolute Gasteiger partial charge is 0.493 e. The van der Waals surface area contributed by atoms with Crippen LogP contribution >= 0.6 is 0 Å². The van der Waals surface area contributed by atoms with Crippen LogP contribution in [0.25, 0.3) is 11.1 Å². The number of aliphatic carboxylic acids is 1. The van der Waals surface area contributed by atoms with Crippen LogP contribution in [0, 0.1) is 11.7 Å². The van der Waals surface area contributed by atoms with Crippen molar-refractivity contribution in [1.29, 1.82) is 0 Å². The van der Waals surface area contributed by atoms with Crippen LogP contribution in [0.1, 0.15) is 42.5 Å².